The lowest BCUT2D eigenvalue weighted by atomic mass is 10.2. The number of hydrogen-bond acceptors (Lipinski definition) is 5. The maximum atomic E-state index is 13.3. The van der Waals surface area contributed by atoms with E-state index in [9.17, 15) is 22.8 Å². The largest absolute Gasteiger partial charge is 0.382 e. The highest BCUT2D eigenvalue weighted by atomic mass is 32.2. The third-order valence-corrected chi connectivity index (χ3v) is 4.56. The number of aromatic nitrogens is 2. The Morgan fingerprint density at radius 1 is 1.14 bits per heavy atom. The number of anilines is 2. The first kappa shape index (κ1) is 19.5. The smallest absolute Gasteiger partial charge is 0.277 e. The molecular formula is C18H13F3N4O2S. The van der Waals surface area contributed by atoms with Crippen molar-refractivity contribution in [3.05, 3.63) is 81.4 Å². The Labute approximate surface area is 161 Å². The number of nitrogens with zero attached hydrogens (tertiary/aromatic N) is 1. The number of thioether (sulfide) groups is 1. The van der Waals surface area contributed by atoms with Crippen molar-refractivity contribution in [1.82, 2.24) is 9.97 Å². The Morgan fingerprint density at radius 3 is 2.61 bits per heavy atom. The quantitative estimate of drug-likeness (QED) is 0.446. The second-order valence-corrected chi connectivity index (χ2v) is 6.60. The van der Waals surface area contributed by atoms with E-state index in [1.807, 2.05) is 0 Å². The van der Waals surface area contributed by atoms with Crippen molar-refractivity contribution in [3.8, 4) is 0 Å². The summed E-state index contributed by atoms with van der Waals surface area (Å²) in [5, 5.41) is 2.41. The predicted octanol–water partition coefficient (Wildman–Crippen LogP) is 3.31. The number of aromatic amines is 1. The van der Waals surface area contributed by atoms with Crippen LogP contribution in [0.2, 0.25) is 0 Å². The van der Waals surface area contributed by atoms with Crippen molar-refractivity contribution < 1.29 is 18.0 Å². The van der Waals surface area contributed by atoms with Crippen molar-refractivity contribution in [2.75, 3.05) is 11.1 Å². The molecule has 10 heteroatoms. The number of nitrogens with two attached hydrogens (primary N) is 1. The molecule has 2 aromatic carbocycles. The van der Waals surface area contributed by atoms with Gasteiger partial charge >= 0.3 is 0 Å². The summed E-state index contributed by atoms with van der Waals surface area (Å²) >= 11 is 1.12. The molecule has 0 aliphatic rings. The SMILES string of the molecule is Nc1nc(SCc2cccc(F)c2)[nH]c(=O)c1NC(=O)c1ccc(F)c(F)c1. The fourth-order valence-electron chi connectivity index (χ4n) is 2.26. The summed E-state index contributed by atoms with van der Waals surface area (Å²) in [4.78, 5) is 30.8. The van der Waals surface area contributed by atoms with Crippen molar-refractivity contribution in [1.29, 1.82) is 0 Å². The van der Waals surface area contributed by atoms with Gasteiger partial charge in [0.25, 0.3) is 11.5 Å². The van der Waals surface area contributed by atoms with E-state index in [2.05, 4.69) is 15.3 Å². The second-order valence-electron chi connectivity index (χ2n) is 5.63. The van der Waals surface area contributed by atoms with Gasteiger partial charge in [-0.05, 0) is 35.9 Å². The number of H-pyrrole nitrogens is 1. The summed E-state index contributed by atoms with van der Waals surface area (Å²) in [5.74, 6) is -3.44. The van der Waals surface area contributed by atoms with E-state index in [1.54, 1.807) is 12.1 Å². The third-order valence-electron chi connectivity index (χ3n) is 3.61. The number of carbonyl (C=O) groups excluding carboxylic acids is 1. The van der Waals surface area contributed by atoms with Gasteiger partial charge in [0.15, 0.2) is 22.6 Å². The number of hydrogen-bond donors (Lipinski definition) is 3. The Hall–Kier alpha value is -3.27. The standard InChI is InChI=1S/C18H13F3N4O2S/c19-11-3-1-2-9(6-11)8-28-18-24-15(22)14(17(27)25-18)23-16(26)10-4-5-12(20)13(21)7-10/h1-7H,8H2,(H,23,26)(H3,22,24,25,27). The lowest BCUT2D eigenvalue weighted by molar-refractivity contribution is 0.102. The van der Waals surface area contributed by atoms with Gasteiger partial charge in [0.05, 0.1) is 0 Å². The van der Waals surface area contributed by atoms with Crippen LogP contribution in [0.4, 0.5) is 24.7 Å². The molecule has 0 saturated carbocycles. The van der Waals surface area contributed by atoms with E-state index in [0.29, 0.717) is 17.4 Å². The van der Waals surface area contributed by atoms with Crippen LogP contribution in [-0.2, 0) is 5.75 Å². The minimum Gasteiger partial charge on any atom is -0.382 e. The normalized spacial score (nSPS) is 10.7. The van der Waals surface area contributed by atoms with Crippen LogP contribution in [0.5, 0.6) is 0 Å². The topological polar surface area (TPSA) is 101 Å². The summed E-state index contributed by atoms with van der Waals surface area (Å²) in [7, 11) is 0. The molecule has 0 saturated heterocycles. The first-order valence-corrected chi connectivity index (χ1v) is 8.85. The van der Waals surface area contributed by atoms with Gasteiger partial charge in [-0.3, -0.25) is 14.6 Å². The number of halogens is 3. The average molecular weight is 406 g/mol. The fraction of sp³-hybridized carbons (Fsp3) is 0.0556. The molecule has 0 aliphatic heterocycles. The maximum absolute atomic E-state index is 13.3. The Balaban J connectivity index is 1.75. The number of benzene rings is 2. The van der Waals surface area contributed by atoms with Gasteiger partial charge in [-0.1, -0.05) is 23.9 Å². The highest BCUT2D eigenvalue weighted by Crippen LogP contribution is 2.21. The minimum atomic E-state index is -1.20. The molecule has 6 nitrogen and oxygen atoms in total. The summed E-state index contributed by atoms with van der Waals surface area (Å²) in [5.41, 5.74) is 5.20. The Bertz CT molecular complexity index is 1100. The molecule has 0 spiro atoms. The molecule has 1 aromatic heterocycles. The Kier molecular flexibility index (Phi) is 5.69. The molecule has 3 rings (SSSR count). The molecule has 0 fully saturated rings. The van der Waals surface area contributed by atoms with Gasteiger partial charge in [0.2, 0.25) is 0 Å². The average Bonchev–Trinajstić information content (AvgIpc) is 2.65. The van der Waals surface area contributed by atoms with E-state index in [1.165, 1.54) is 12.1 Å². The number of rotatable bonds is 5. The molecule has 0 bridgehead atoms. The molecule has 3 aromatic rings. The molecule has 0 radical (unpaired) electrons. The zero-order valence-electron chi connectivity index (χ0n) is 14.1. The van der Waals surface area contributed by atoms with Gasteiger partial charge in [-0.2, -0.15) is 0 Å². The van der Waals surface area contributed by atoms with Crippen LogP contribution < -0.4 is 16.6 Å². The first-order chi connectivity index (χ1) is 13.3. The molecule has 0 atom stereocenters. The van der Waals surface area contributed by atoms with Crippen molar-refractivity contribution in [2.24, 2.45) is 0 Å². The van der Waals surface area contributed by atoms with Gasteiger partial charge in [0, 0.05) is 11.3 Å². The van der Waals surface area contributed by atoms with Crippen LogP contribution in [0.1, 0.15) is 15.9 Å². The molecule has 4 N–H and O–H groups in total. The molecule has 144 valence electrons. The van der Waals surface area contributed by atoms with Gasteiger partial charge in [0.1, 0.15) is 11.5 Å². The predicted molar refractivity (Wildman–Crippen MR) is 99.5 cm³/mol. The summed E-state index contributed by atoms with van der Waals surface area (Å²) < 4.78 is 39.4. The van der Waals surface area contributed by atoms with Gasteiger partial charge < -0.3 is 11.1 Å². The zero-order valence-corrected chi connectivity index (χ0v) is 14.9. The lowest BCUT2D eigenvalue weighted by Gasteiger charge is -2.09. The zero-order chi connectivity index (χ0) is 20.3. The molecule has 1 heterocycles. The molecular weight excluding hydrogens is 393 g/mol. The molecule has 28 heavy (non-hydrogen) atoms. The maximum Gasteiger partial charge on any atom is 0.277 e. The number of nitrogens with one attached hydrogen (secondary N) is 2. The molecule has 0 unspecified atom stereocenters. The highest BCUT2D eigenvalue weighted by molar-refractivity contribution is 7.98. The van der Waals surface area contributed by atoms with Crippen molar-refractivity contribution in [3.63, 3.8) is 0 Å². The van der Waals surface area contributed by atoms with Crippen molar-refractivity contribution in [2.45, 2.75) is 10.9 Å². The van der Waals surface area contributed by atoms with Crippen LogP contribution >= 0.6 is 11.8 Å². The van der Waals surface area contributed by atoms with Crippen LogP contribution in [0, 0.1) is 17.5 Å². The summed E-state index contributed by atoms with van der Waals surface area (Å²) in [6, 6.07) is 8.50. The number of carbonyl (C=O) groups is 1. The summed E-state index contributed by atoms with van der Waals surface area (Å²) in [6.45, 7) is 0. The second kappa shape index (κ2) is 8.17. The lowest BCUT2D eigenvalue weighted by Crippen LogP contribution is -2.23. The van der Waals surface area contributed by atoms with Crippen LogP contribution in [0.25, 0.3) is 0 Å². The van der Waals surface area contributed by atoms with E-state index in [0.717, 1.165) is 23.9 Å². The van der Waals surface area contributed by atoms with Crippen LogP contribution in [0.3, 0.4) is 0 Å². The van der Waals surface area contributed by atoms with E-state index < -0.39 is 23.1 Å². The van der Waals surface area contributed by atoms with Gasteiger partial charge in [-0.15, -0.1) is 0 Å². The van der Waals surface area contributed by atoms with E-state index in [4.69, 9.17) is 5.73 Å². The first-order valence-electron chi connectivity index (χ1n) is 7.87. The monoisotopic (exact) mass is 406 g/mol. The van der Waals surface area contributed by atoms with Crippen LogP contribution in [0.15, 0.2) is 52.4 Å². The fourth-order valence-corrected chi connectivity index (χ4v) is 3.07. The molecule has 1 amide bonds. The Morgan fingerprint density at radius 2 is 1.93 bits per heavy atom. The highest BCUT2D eigenvalue weighted by Gasteiger charge is 2.15. The third kappa shape index (κ3) is 4.52. The number of nitrogen functional groups attached to an aromatic ring is 1. The summed E-state index contributed by atoms with van der Waals surface area (Å²) in [6.07, 6.45) is 0. The van der Waals surface area contributed by atoms with Crippen molar-refractivity contribution >= 4 is 29.2 Å². The van der Waals surface area contributed by atoms with E-state index >= 15 is 0 Å². The van der Waals surface area contributed by atoms with Crippen LogP contribution in [-0.4, -0.2) is 15.9 Å². The van der Waals surface area contributed by atoms with E-state index in [-0.39, 0.29) is 28.0 Å². The number of amides is 1. The minimum absolute atomic E-state index is 0.178. The molecule has 0 aliphatic carbocycles. The van der Waals surface area contributed by atoms with Gasteiger partial charge in [-0.25, -0.2) is 18.2 Å².